The van der Waals surface area contributed by atoms with Crippen LogP contribution < -0.4 is 15.0 Å². The van der Waals surface area contributed by atoms with Crippen LogP contribution in [0.15, 0.2) is 59.4 Å². The summed E-state index contributed by atoms with van der Waals surface area (Å²) in [6.45, 7) is 2.37. The third-order valence-corrected chi connectivity index (χ3v) is 4.86. The highest BCUT2D eigenvalue weighted by atomic mass is 19.1. The van der Waals surface area contributed by atoms with Gasteiger partial charge in [0.1, 0.15) is 12.4 Å². The highest BCUT2D eigenvalue weighted by Gasteiger charge is 2.16. The van der Waals surface area contributed by atoms with Crippen molar-refractivity contribution in [2.75, 3.05) is 20.8 Å². The summed E-state index contributed by atoms with van der Waals surface area (Å²) in [5.74, 6) is 0.438. The summed E-state index contributed by atoms with van der Waals surface area (Å²) in [7, 11) is 3.10. The van der Waals surface area contributed by atoms with Gasteiger partial charge in [-0.3, -0.25) is 9.59 Å². The lowest BCUT2D eigenvalue weighted by Gasteiger charge is -2.22. The molecule has 0 radical (unpaired) electrons. The maximum Gasteiger partial charge on any atom is 0.267 e. The number of halogens is 1. The van der Waals surface area contributed by atoms with E-state index >= 15 is 0 Å². The number of methoxy groups -OCH3 is 2. The maximum absolute atomic E-state index is 14.1. The van der Waals surface area contributed by atoms with Crippen LogP contribution in [0.4, 0.5) is 4.39 Å². The van der Waals surface area contributed by atoms with Crippen LogP contribution in [0.2, 0.25) is 0 Å². The molecule has 8 heteroatoms. The zero-order valence-electron chi connectivity index (χ0n) is 17.7. The number of benzene rings is 2. The molecule has 0 aliphatic rings. The second kappa shape index (κ2) is 9.88. The van der Waals surface area contributed by atoms with E-state index in [-0.39, 0.29) is 23.7 Å². The molecule has 162 valence electrons. The minimum atomic E-state index is -0.449. The predicted octanol–water partition coefficient (Wildman–Crippen LogP) is 3.12. The van der Waals surface area contributed by atoms with Crippen LogP contribution in [0.25, 0.3) is 11.3 Å². The number of rotatable bonds is 8. The van der Waals surface area contributed by atoms with Crippen molar-refractivity contribution >= 4 is 5.91 Å². The molecule has 1 aromatic heterocycles. The Hall–Kier alpha value is -3.68. The Bertz CT molecular complexity index is 1130. The smallest absolute Gasteiger partial charge is 0.267 e. The number of ether oxygens (including phenoxy) is 2. The van der Waals surface area contributed by atoms with Gasteiger partial charge >= 0.3 is 0 Å². The van der Waals surface area contributed by atoms with E-state index < -0.39 is 11.4 Å². The number of carbonyl (C=O) groups is 1. The second-order valence-corrected chi connectivity index (χ2v) is 6.79. The van der Waals surface area contributed by atoms with Gasteiger partial charge < -0.3 is 14.4 Å². The first-order chi connectivity index (χ1) is 15.0. The first-order valence-electron chi connectivity index (χ1n) is 9.78. The number of carbonyl (C=O) groups excluding carboxylic acids is 1. The number of amides is 1. The van der Waals surface area contributed by atoms with Gasteiger partial charge in [0.25, 0.3) is 5.56 Å². The summed E-state index contributed by atoms with van der Waals surface area (Å²) >= 11 is 0. The predicted molar refractivity (Wildman–Crippen MR) is 115 cm³/mol. The van der Waals surface area contributed by atoms with E-state index in [1.807, 2.05) is 13.0 Å². The van der Waals surface area contributed by atoms with Crippen LogP contribution in [0.1, 0.15) is 12.5 Å². The van der Waals surface area contributed by atoms with E-state index in [4.69, 9.17) is 9.47 Å². The molecule has 31 heavy (non-hydrogen) atoms. The lowest BCUT2D eigenvalue weighted by Crippen LogP contribution is -2.36. The molecule has 0 fully saturated rings. The number of hydrogen-bond acceptors (Lipinski definition) is 5. The zero-order chi connectivity index (χ0) is 22.4. The lowest BCUT2D eigenvalue weighted by molar-refractivity contribution is -0.132. The van der Waals surface area contributed by atoms with Crippen molar-refractivity contribution in [1.29, 1.82) is 0 Å². The fourth-order valence-electron chi connectivity index (χ4n) is 3.18. The molecule has 0 aliphatic carbocycles. The van der Waals surface area contributed by atoms with Crippen LogP contribution >= 0.6 is 0 Å². The minimum Gasteiger partial charge on any atom is -0.493 e. The van der Waals surface area contributed by atoms with Crippen molar-refractivity contribution in [3.8, 4) is 22.8 Å². The molecule has 0 N–H and O–H groups in total. The van der Waals surface area contributed by atoms with Gasteiger partial charge in [0, 0.05) is 24.7 Å². The van der Waals surface area contributed by atoms with Crippen molar-refractivity contribution in [2.24, 2.45) is 0 Å². The lowest BCUT2D eigenvalue weighted by atomic mass is 10.1. The summed E-state index contributed by atoms with van der Waals surface area (Å²) in [5.41, 5.74) is 0.971. The van der Waals surface area contributed by atoms with Crippen LogP contribution in [-0.4, -0.2) is 41.4 Å². The molecule has 3 aromatic rings. The molecule has 1 amide bonds. The highest BCUT2D eigenvalue weighted by molar-refractivity contribution is 5.76. The van der Waals surface area contributed by atoms with Gasteiger partial charge in [0.2, 0.25) is 5.91 Å². The number of likely N-dealkylation sites (N-methyl/N-ethyl adjacent to an activating group) is 1. The quantitative estimate of drug-likeness (QED) is 0.555. The molecule has 0 unspecified atom stereocenters. The largest absolute Gasteiger partial charge is 0.493 e. The molecule has 0 aliphatic heterocycles. The Morgan fingerprint density at radius 1 is 1.06 bits per heavy atom. The monoisotopic (exact) mass is 425 g/mol. The van der Waals surface area contributed by atoms with Crippen LogP contribution in [0, 0.1) is 5.82 Å². The first kappa shape index (κ1) is 22.0. The van der Waals surface area contributed by atoms with Crippen LogP contribution in [0.5, 0.6) is 11.5 Å². The molecule has 2 aromatic carbocycles. The minimum absolute atomic E-state index is 0.248. The Kier molecular flexibility index (Phi) is 7.02. The summed E-state index contributed by atoms with van der Waals surface area (Å²) in [5, 5.41) is 4.20. The third kappa shape index (κ3) is 5.09. The molecule has 1 heterocycles. The van der Waals surface area contributed by atoms with Gasteiger partial charge in [0.05, 0.1) is 19.9 Å². The average Bonchev–Trinajstić information content (AvgIpc) is 2.79. The summed E-state index contributed by atoms with van der Waals surface area (Å²) < 4.78 is 25.7. The van der Waals surface area contributed by atoms with Gasteiger partial charge in [-0.2, -0.15) is 5.10 Å². The molecule has 0 atom stereocenters. The Labute approximate surface area is 179 Å². The fraction of sp³-hybridized carbons (Fsp3) is 0.261. The van der Waals surface area contributed by atoms with Crippen molar-refractivity contribution in [2.45, 2.75) is 20.0 Å². The average molecular weight is 425 g/mol. The molecule has 3 rings (SSSR count). The van der Waals surface area contributed by atoms with Crippen molar-refractivity contribution in [1.82, 2.24) is 14.7 Å². The topological polar surface area (TPSA) is 73.7 Å². The standard InChI is InChI=1S/C23H24FN3O4/c1-4-26(14-16-9-11-20(30-2)21(13-16)31-3)23(29)15-27-22(28)12-10-19(25-27)17-7-5-6-8-18(17)24/h5-13H,4,14-15H2,1-3H3. The molecule has 0 spiro atoms. The van der Waals surface area contributed by atoms with Gasteiger partial charge in [-0.1, -0.05) is 18.2 Å². The molecule has 7 nitrogen and oxygen atoms in total. The van der Waals surface area contributed by atoms with Gasteiger partial charge in [-0.15, -0.1) is 0 Å². The van der Waals surface area contributed by atoms with Crippen molar-refractivity contribution in [3.05, 3.63) is 76.3 Å². The molecule has 0 saturated carbocycles. The van der Waals surface area contributed by atoms with E-state index in [9.17, 15) is 14.0 Å². The highest BCUT2D eigenvalue weighted by Crippen LogP contribution is 2.28. The zero-order valence-corrected chi connectivity index (χ0v) is 17.7. The Morgan fingerprint density at radius 2 is 1.81 bits per heavy atom. The number of hydrogen-bond donors (Lipinski definition) is 0. The van der Waals surface area contributed by atoms with Crippen LogP contribution in [0.3, 0.4) is 0 Å². The number of aromatic nitrogens is 2. The SMILES string of the molecule is CCN(Cc1ccc(OC)c(OC)c1)C(=O)Cn1nc(-c2ccccc2F)ccc1=O. The van der Waals surface area contributed by atoms with E-state index in [1.165, 1.54) is 18.2 Å². The normalized spacial score (nSPS) is 10.6. The van der Waals surface area contributed by atoms with Crippen LogP contribution in [-0.2, 0) is 17.9 Å². The van der Waals surface area contributed by atoms with Gasteiger partial charge in [-0.25, -0.2) is 9.07 Å². The molecule has 0 saturated heterocycles. The number of nitrogens with zero attached hydrogens (tertiary/aromatic N) is 3. The maximum atomic E-state index is 14.1. The van der Waals surface area contributed by atoms with E-state index in [2.05, 4.69) is 5.10 Å². The molecule has 0 bridgehead atoms. The van der Waals surface area contributed by atoms with E-state index in [1.54, 1.807) is 49.5 Å². The summed E-state index contributed by atoms with van der Waals surface area (Å²) in [6.07, 6.45) is 0. The van der Waals surface area contributed by atoms with Crippen molar-refractivity contribution in [3.63, 3.8) is 0 Å². The van der Waals surface area contributed by atoms with E-state index in [0.717, 1.165) is 10.2 Å². The van der Waals surface area contributed by atoms with Gasteiger partial charge in [0.15, 0.2) is 11.5 Å². The van der Waals surface area contributed by atoms with Gasteiger partial charge in [-0.05, 0) is 42.8 Å². The molecular weight excluding hydrogens is 401 g/mol. The Morgan fingerprint density at radius 3 is 2.48 bits per heavy atom. The third-order valence-electron chi connectivity index (χ3n) is 4.86. The first-order valence-corrected chi connectivity index (χ1v) is 9.78. The summed E-state index contributed by atoms with van der Waals surface area (Å²) in [6, 6.07) is 14.3. The summed E-state index contributed by atoms with van der Waals surface area (Å²) in [4.78, 5) is 26.7. The second-order valence-electron chi connectivity index (χ2n) is 6.79. The van der Waals surface area contributed by atoms with E-state index in [0.29, 0.717) is 24.6 Å². The van der Waals surface area contributed by atoms with Crippen molar-refractivity contribution < 1.29 is 18.7 Å². The molecular formula is C23H24FN3O4. The fourth-order valence-corrected chi connectivity index (χ4v) is 3.18. The Balaban J connectivity index is 1.80.